The molecule has 0 spiro atoms. The summed E-state index contributed by atoms with van der Waals surface area (Å²) in [4.78, 5) is 35.2. The minimum atomic E-state index is -0.523. The van der Waals surface area contributed by atoms with E-state index in [1.165, 1.54) is 32.1 Å². The van der Waals surface area contributed by atoms with Gasteiger partial charge < -0.3 is 9.64 Å². The van der Waals surface area contributed by atoms with E-state index in [9.17, 15) is 9.59 Å². The van der Waals surface area contributed by atoms with Crippen LogP contribution in [-0.2, 0) is 4.74 Å². The highest BCUT2D eigenvalue weighted by Crippen LogP contribution is 2.27. The molecular formula is C20H28N4O3. The average molecular weight is 372 g/mol. The lowest BCUT2D eigenvalue weighted by molar-refractivity contribution is 0.00803. The number of aromatic amines is 2. The van der Waals surface area contributed by atoms with Gasteiger partial charge in [0.05, 0.1) is 11.5 Å². The highest BCUT2D eigenvalue weighted by Gasteiger charge is 2.24. The van der Waals surface area contributed by atoms with Crippen LogP contribution < -0.4 is 16.1 Å². The van der Waals surface area contributed by atoms with Crippen LogP contribution in [0.1, 0.15) is 50.5 Å². The number of hydrogen-bond donors (Lipinski definition) is 2. The van der Waals surface area contributed by atoms with Crippen LogP contribution in [0.15, 0.2) is 15.7 Å². The number of piperidine rings is 1. The van der Waals surface area contributed by atoms with Gasteiger partial charge in [-0.3, -0.25) is 14.8 Å². The van der Waals surface area contributed by atoms with Crippen LogP contribution >= 0.6 is 0 Å². The molecule has 7 nitrogen and oxygen atoms in total. The summed E-state index contributed by atoms with van der Waals surface area (Å²) in [6, 6.07) is 1.80. The van der Waals surface area contributed by atoms with Crippen molar-refractivity contribution in [2.45, 2.75) is 58.0 Å². The van der Waals surface area contributed by atoms with Crippen LogP contribution in [0.25, 0.3) is 11.0 Å². The molecule has 3 heterocycles. The van der Waals surface area contributed by atoms with Crippen molar-refractivity contribution in [2.24, 2.45) is 5.92 Å². The van der Waals surface area contributed by atoms with Gasteiger partial charge in [-0.1, -0.05) is 19.3 Å². The third-order valence-corrected chi connectivity index (χ3v) is 5.92. The molecule has 4 rings (SSSR count). The van der Waals surface area contributed by atoms with Crippen LogP contribution in [0.5, 0.6) is 0 Å². The van der Waals surface area contributed by atoms with E-state index in [1.807, 2.05) is 6.92 Å². The zero-order valence-corrected chi connectivity index (χ0v) is 15.9. The first kappa shape index (κ1) is 18.2. The molecule has 7 heteroatoms. The second-order valence-corrected chi connectivity index (χ2v) is 7.96. The van der Waals surface area contributed by atoms with Crippen LogP contribution in [0, 0.1) is 12.8 Å². The van der Waals surface area contributed by atoms with Gasteiger partial charge in [0.25, 0.3) is 5.56 Å². The Morgan fingerprint density at radius 3 is 2.59 bits per heavy atom. The second kappa shape index (κ2) is 7.84. The lowest BCUT2D eigenvalue weighted by Crippen LogP contribution is -2.38. The average Bonchev–Trinajstić information content (AvgIpc) is 2.68. The van der Waals surface area contributed by atoms with Gasteiger partial charge in [-0.05, 0) is 50.2 Å². The van der Waals surface area contributed by atoms with Crippen molar-refractivity contribution in [2.75, 3.05) is 24.6 Å². The van der Waals surface area contributed by atoms with Gasteiger partial charge in [-0.2, -0.15) is 0 Å². The predicted octanol–water partition coefficient (Wildman–Crippen LogP) is 2.49. The Hall–Kier alpha value is -2.15. The van der Waals surface area contributed by atoms with Crippen LogP contribution in [0.2, 0.25) is 0 Å². The maximum atomic E-state index is 11.9. The highest BCUT2D eigenvalue weighted by molar-refractivity contribution is 5.77. The number of H-pyrrole nitrogens is 2. The maximum absolute atomic E-state index is 11.9. The number of nitrogens with zero attached hydrogens (tertiary/aromatic N) is 2. The monoisotopic (exact) mass is 372 g/mol. The van der Waals surface area contributed by atoms with Gasteiger partial charge >= 0.3 is 5.69 Å². The zero-order valence-electron chi connectivity index (χ0n) is 15.9. The van der Waals surface area contributed by atoms with Gasteiger partial charge in [0.1, 0.15) is 11.5 Å². The Morgan fingerprint density at radius 1 is 1.11 bits per heavy atom. The molecular weight excluding hydrogens is 344 g/mol. The minimum Gasteiger partial charge on any atom is -0.378 e. The Bertz CT molecular complexity index is 906. The summed E-state index contributed by atoms with van der Waals surface area (Å²) < 4.78 is 6.20. The fourth-order valence-corrected chi connectivity index (χ4v) is 4.36. The van der Waals surface area contributed by atoms with E-state index < -0.39 is 11.2 Å². The SMILES string of the molecule is Cc1cc2c(=O)[nH]c(=O)[nH]c2nc1N1CCC(OCC2CCCCC2)CC1. The predicted molar refractivity (Wildman–Crippen MR) is 105 cm³/mol. The Morgan fingerprint density at radius 2 is 1.85 bits per heavy atom. The molecule has 1 aliphatic carbocycles. The van der Waals surface area contributed by atoms with E-state index >= 15 is 0 Å². The van der Waals surface area contributed by atoms with Crippen molar-refractivity contribution in [3.63, 3.8) is 0 Å². The van der Waals surface area contributed by atoms with E-state index in [-0.39, 0.29) is 0 Å². The molecule has 2 aliphatic rings. The van der Waals surface area contributed by atoms with Crippen molar-refractivity contribution >= 4 is 16.9 Å². The van der Waals surface area contributed by atoms with E-state index in [1.54, 1.807) is 6.07 Å². The Balaban J connectivity index is 1.41. The van der Waals surface area contributed by atoms with Crippen molar-refractivity contribution in [1.29, 1.82) is 0 Å². The van der Waals surface area contributed by atoms with Gasteiger partial charge in [-0.15, -0.1) is 0 Å². The number of anilines is 1. The quantitative estimate of drug-likeness (QED) is 0.860. The largest absolute Gasteiger partial charge is 0.378 e. The van der Waals surface area contributed by atoms with Gasteiger partial charge in [-0.25, -0.2) is 9.78 Å². The molecule has 2 N–H and O–H groups in total. The summed E-state index contributed by atoms with van der Waals surface area (Å²) in [5.74, 6) is 1.59. The number of aromatic nitrogens is 3. The number of nitrogens with one attached hydrogen (secondary N) is 2. The molecule has 0 bridgehead atoms. The van der Waals surface area contributed by atoms with Crippen molar-refractivity contribution in [3.05, 3.63) is 32.5 Å². The number of aryl methyl sites for hydroxylation is 1. The molecule has 0 radical (unpaired) electrons. The first-order chi connectivity index (χ1) is 13.1. The highest BCUT2D eigenvalue weighted by atomic mass is 16.5. The minimum absolute atomic E-state index is 0.326. The van der Waals surface area contributed by atoms with Crippen molar-refractivity contribution in [1.82, 2.24) is 15.0 Å². The molecule has 2 aromatic rings. The van der Waals surface area contributed by atoms with Gasteiger partial charge in [0.2, 0.25) is 0 Å². The van der Waals surface area contributed by atoms with Crippen molar-refractivity contribution in [3.8, 4) is 0 Å². The molecule has 146 valence electrons. The van der Waals surface area contributed by atoms with Crippen molar-refractivity contribution < 1.29 is 4.74 Å². The van der Waals surface area contributed by atoms with E-state index in [0.717, 1.165) is 49.8 Å². The normalized spacial score (nSPS) is 19.7. The smallest absolute Gasteiger partial charge is 0.327 e. The molecule has 0 amide bonds. The molecule has 0 unspecified atom stereocenters. The molecule has 1 aliphatic heterocycles. The number of pyridine rings is 1. The summed E-state index contributed by atoms with van der Waals surface area (Å²) in [6.45, 7) is 4.62. The first-order valence-electron chi connectivity index (χ1n) is 10.1. The topological polar surface area (TPSA) is 91.1 Å². The number of ether oxygens (including phenoxy) is 1. The number of fused-ring (bicyclic) bond motifs is 1. The van der Waals surface area contributed by atoms with E-state index in [0.29, 0.717) is 17.1 Å². The molecule has 0 aromatic carbocycles. The van der Waals surface area contributed by atoms with Crippen LogP contribution in [-0.4, -0.2) is 40.8 Å². The molecule has 27 heavy (non-hydrogen) atoms. The number of hydrogen-bond acceptors (Lipinski definition) is 5. The standard InChI is InChI=1S/C20H28N4O3/c1-13-11-16-17(22-20(26)23-19(16)25)21-18(13)24-9-7-15(8-10-24)27-12-14-5-3-2-4-6-14/h11,14-15H,2-10,12H2,1H3,(H2,21,22,23,25,26). The lowest BCUT2D eigenvalue weighted by Gasteiger charge is -2.34. The summed E-state index contributed by atoms with van der Waals surface area (Å²) in [5, 5.41) is 0.418. The molecule has 0 atom stereocenters. The lowest BCUT2D eigenvalue weighted by atomic mass is 9.90. The van der Waals surface area contributed by atoms with Gasteiger partial charge in [0, 0.05) is 19.7 Å². The summed E-state index contributed by atoms with van der Waals surface area (Å²) in [7, 11) is 0. The Labute approximate surface area is 158 Å². The first-order valence-corrected chi connectivity index (χ1v) is 10.1. The van der Waals surface area contributed by atoms with Crippen LogP contribution in [0.4, 0.5) is 5.82 Å². The fraction of sp³-hybridized carbons (Fsp3) is 0.650. The maximum Gasteiger partial charge on any atom is 0.327 e. The van der Waals surface area contributed by atoms with E-state index in [2.05, 4.69) is 19.9 Å². The molecule has 2 fully saturated rings. The molecule has 2 aromatic heterocycles. The Kier molecular flexibility index (Phi) is 5.29. The van der Waals surface area contributed by atoms with E-state index in [4.69, 9.17) is 4.74 Å². The molecule has 1 saturated carbocycles. The third kappa shape index (κ3) is 4.08. The summed E-state index contributed by atoms with van der Waals surface area (Å²) >= 11 is 0. The van der Waals surface area contributed by atoms with Crippen LogP contribution in [0.3, 0.4) is 0 Å². The zero-order chi connectivity index (χ0) is 18.8. The van der Waals surface area contributed by atoms with Gasteiger partial charge in [0.15, 0.2) is 0 Å². The molecule has 1 saturated heterocycles. The second-order valence-electron chi connectivity index (χ2n) is 7.96. The third-order valence-electron chi connectivity index (χ3n) is 5.92. The fourth-order valence-electron chi connectivity index (χ4n) is 4.36. The number of rotatable bonds is 4. The summed E-state index contributed by atoms with van der Waals surface area (Å²) in [6.07, 6.45) is 9.01. The summed E-state index contributed by atoms with van der Waals surface area (Å²) in [5.41, 5.74) is 0.372.